The molecule has 8 heterocycles. The maximum Gasteiger partial charge on any atom is 0.475 e. The number of rotatable bonds is 7. The molecule has 10 rings (SSSR count). The highest BCUT2D eigenvalue weighted by molar-refractivity contribution is 7.48. The van der Waals surface area contributed by atoms with E-state index in [1.165, 1.54) is 0 Å². The van der Waals surface area contributed by atoms with E-state index in [4.69, 9.17) is 52.1 Å². The molecular formula is C33H43F6O12P. The standard InChI is InChI=1S/C33H43F6O12P/c1-16-6-8-22-18(24(32(34,35)36)44-26-30(22)20(16)10-12-28(3,46-26)48-50-30)14-42-52(40,41-5)43-15-19-23-9-7-17(2)21-11-13-29(4)47-27(31(21,23)51-49-29)45-25(19)33(37,38)39/h16-17,20-23,26-27H,6-15H2,1-5H3/t16-,17-,20?,21?,22+,23+,26-,27-,28-,29+,30-,31-,52?/m1/s1. The summed E-state index contributed by atoms with van der Waals surface area (Å²) >= 11 is 0. The van der Waals surface area contributed by atoms with E-state index < -0.39 is 103 Å². The van der Waals surface area contributed by atoms with Gasteiger partial charge in [-0.3, -0.25) is 13.6 Å². The number of ether oxygens (including phenoxy) is 4. The fourth-order valence-electron chi connectivity index (χ4n) is 10.2. The number of halogens is 6. The van der Waals surface area contributed by atoms with Crippen LogP contribution >= 0.6 is 7.82 Å². The third-order valence-electron chi connectivity index (χ3n) is 12.8. The molecule has 0 aromatic rings. The van der Waals surface area contributed by atoms with Gasteiger partial charge in [-0.2, -0.15) is 26.3 Å². The number of alkyl halides is 6. The van der Waals surface area contributed by atoms with Crippen molar-refractivity contribution in [1.82, 2.24) is 0 Å². The molecule has 13 atom stereocenters. The molecule has 0 N–H and O–H groups in total. The number of hydrogen-bond donors (Lipinski definition) is 0. The first-order chi connectivity index (χ1) is 24.3. The second kappa shape index (κ2) is 12.3. The van der Waals surface area contributed by atoms with Crippen LogP contribution in [-0.2, 0) is 56.6 Å². The fraction of sp³-hybridized carbons (Fsp3) is 0.879. The van der Waals surface area contributed by atoms with Gasteiger partial charge in [0.1, 0.15) is 0 Å². The van der Waals surface area contributed by atoms with Crippen LogP contribution in [0.5, 0.6) is 0 Å². The van der Waals surface area contributed by atoms with Crippen molar-refractivity contribution in [3.05, 3.63) is 22.7 Å². The molecular weight excluding hydrogens is 733 g/mol. The van der Waals surface area contributed by atoms with Crippen LogP contribution in [0.15, 0.2) is 22.7 Å². The summed E-state index contributed by atoms with van der Waals surface area (Å²) in [7, 11) is -3.94. The largest absolute Gasteiger partial charge is 0.475 e. The molecule has 4 bridgehead atoms. The third-order valence-corrected chi connectivity index (χ3v) is 14.1. The summed E-state index contributed by atoms with van der Waals surface area (Å²) in [4.78, 5) is 23.2. The lowest BCUT2D eigenvalue weighted by atomic mass is 9.59. The van der Waals surface area contributed by atoms with E-state index in [-0.39, 0.29) is 36.5 Å². The van der Waals surface area contributed by atoms with E-state index in [1.54, 1.807) is 13.8 Å². The van der Waals surface area contributed by atoms with Gasteiger partial charge in [0.05, 0.1) is 13.2 Å². The van der Waals surface area contributed by atoms with E-state index in [1.807, 2.05) is 13.8 Å². The number of phosphoric acid groups is 1. The minimum absolute atomic E-state index is 0.0133. The Balaban J connectivity index is 1.10. The first-order valence-corrected chi connectivity index (χ1v) is 19.2. The topological polar surface area (TPSA) is 119 Å². The molecule has 19 heteroatoms. The number of fused-ring (bicyclic) bond motifs is 4. The van der Waals surface area contributed by atoms with E-state index in [2.05, 4.69) is 0 Å². The lowest BCUT2D eigenvalue weighted by molar-refractivity contribution is -0.557. The summed E-state index contributed by atoms with van der Waals surface area (Å²) in [6, 6.07) is 0. The van der Waals surface area contributed by atoms with E-state index in [9.17, 15) is 30.9 Å². The Kier molecular flexibility index (Phi) is 8.83. The lowest BCUT2D eigenvalue weighted by Crippen LogP contribution is -2.67. The normalized spacial score (nSPS) is 46.8. The molecule has 2 spiro atoms. The van der Waals surface area contributed by atoms with Gasteiger partial charge in [-0.1, -0.05) is 13.8 Å². The van der Waals surface area contributed by atoms with Gasteiger partial charge in [-0.15, -0.1) is 0 Å². The van der Waals surface area contributed by atoms with Gasteiger partial charge in [0.2, 0.25) is 35.7 Å². The van der Waals surface area contributed by atoms with Crippen molar-refractivity contribution in [3.63, 3.8) is 0 Å². The van der Waals surface area contributed by atoms with Gasteiger partial charge in [0.15, 0.2) is 11.2 Å². The minimum Gasteiger partial charge on any atom is -0.456 e. The van der Waals surface area contributed by atoms with Crippen molar-refractivity contribution in [1.29, 1.82) is 0 Å². The van der Waals surface area contributed by atoms with Crippen molar-refractivity contribution in [2.45, 2.75) is 127 Å². The quantitative estimate of drug-likeness (QED) is 0.142. The van der Waals surface area contributed by atoms with Crippen LogP contribution in [0.3, 0.4) is 0 Å². The molecule has 12 nitrogen and oxygen atoms in total. The molecule has 8 fully saturated rings. The van der Waals surface area contributed by atoms with Crippen LogP contribution in [0.1, 0.15) is 79.1 Å². The Morgan fingerprint density at radius 2 is 1.08 bits per heavy atom. The zero-order chi connectivity index (χ0) is 37.3. The Hall–Kier alpha value is -1.47. The maximum absolute atomic E-state index is 14.7. The van der Waals surface area contributed by atoms with Crippen molar-refractivity contribution >= 4 is 7.82 Å². The molecule has 0 aromatic heterocycles. The van der Waals surface area contributed by atoms with Crippen molar-refractivity contribution in [2.75, 3.05) is 20.3 Å². The summed E-state index contributed by atoms with van der Waals surface area (Å²) in [5, 5.41) is 0. The molecule has 6 saturated heterocycles. The molecule has 8 aliphatic heterocycles. The van der Waals surface area contributed by atoms with Crippen LogP contribution in [0.25, 0.3) is 0 Å². The van der Waals surface area contributed by atoms with Gasteiger partial charge in [-0.25, -0.2) is 24.1 Å². The average molecular weight is 777 g/mol. The van der Waals surface area contributed by atoms with Crippen molar-refractivity contribution in [2.24, 2.45) is 35.5 Å². The smallest absolute Gasteiger partial charge is 0.456 e. The molecule has 0 aromatic carbocycles. The highest BCUT2D eigenvalue weighted by atomic mass is 31.2. The van der Waals surface area contributed by atoms with Crippen molar-refractivity contribution < 1.29 is 83.0 Å². The Morgan fingerprint density at radius 3 is 1.44 bits per heavy atom. The Bertz CT molecular complexity index is 1460. The lowest BCUT2D eigenvalue weighted by Gasteiger charge is -2.57. The zero-order valence-electron chi connectivity index (χ0n) is 29.3. The Labute approximate surface area is 296 Å². The minimum atomic E-state index is -5.03. The number of hydrogen-bond acceptors (Lipinski definition) is 12. The highest BCUT2D eigenvalue weighted by Gasteiger charge is 2.72. The van der Waals surface area contributed by atoms with E-state index in [0.29, 0.717) is 38.5 Å². The fourth-order valence-corrected chi connectivity index (χ4v) is 11.1. The highest BCUT2D eigenvalue weighted by Crippen LogP contribution is 2.64. The summed E-state index contributed by atoms with van der Waals surface area (Å²) in [6.45, 7) is 5.15. The second-order valence-electron chi connectivity index (χ2n) is 15.8. The molecule has 2 aliphatic carbocycles. The first kappa shape index (κ1) is 37.5. The summed E-state index contributed by atoms with van der Waals surface area (Å²) in [5.41, 5.74) is -3.80. The van der Waals surface area contributed by atoms with Gasteiger partial charge >= 0.3 is 20.2 Å². The number of phosphoric ester groups is 1. The number of allylic oxidation sites excluding steroid dienone is 2. The summed E-state index contributed by atoms with van der Waals surface area (Å²) in [6.07, 6.45) is -9.78. The molecule has 3 unspecified atom stereocenters. The molecule has 294 valence electrons. The van der Waals surface area contributed by atoms with E-state index in [0.717, 1.165) is 7.11 Å². The first-order valence-electron chi connectivity index (χ1n) is 17.8. The van der Waals surface area contributed by atoms with Crippen LogP contribution in [0, 0.1) is 35.5 Å². The van der Waals surface area contributed by atoms with Crippen LogP contribution in [0.4, 0.5) is 26.3 Å². The van der Waals surface area contributed by atoms with E-state index >= 15 is 0 Å². The Morgan fingerprint density at radius 1 is 0.673 bits per heavy atom. The van der Waals surface area contributed by atoms with Crippen molar-refractivity contribution in [3.8, 4) is 0 Å². The zero-order valence-corrected chi connectivity index (χ0v) is 30.2. The maximum atomic E-state index is 14.7. The van der Waals surface area contributed by atoms with Crippen LogP contribution < -0.4 is 0 Å². The monoisotopic (exact) mass is 776 g/mol. The molecule has 52 heavy (non-hydrogen) atoms. The third kappa shape index (κ3) is 5.63. The molecule has 10 aliphatic rings. The predicted octanol–water partition coefficient (Wildman–Crippen LogP) is 7.90. The molecule has 0 amide bonds. The SMILES string of the molecule is COP(=O)(OCC1=C(C(F)(F)F)O[C@@H]2O[C@@]3(C)CCC4[C@H](C)CC[C@@H]1[C@]42OO3)OCC1=C(C(F)(F)F)O[C@@H]2O[C@]3(C)CCC4[C@H](C)CC[C@@H]1[C@]42OO3. The average Bonchev–Trinajstić information content (AvgIpc) is 3.45. The molecule has 2 saturated carbocycles. The predicted molar refractivity (Wildman–Crippen MR) is 160 cm³/mol. The summed E-state index contributed by atoms with van der Waals surface area (Å²) < 4.78 is 141. The molecule has 0 radical (unpaired) electrons. The van der Waals surface area contributed by atoms with Crippen LogP contribution in [0.2, 0.25) is 0 Å². The van der Waals surface area contributed by atoms with Gasteiger partial charge in [0.25, 0.3) is 0 Å². The van der Waals surface area contributed by atoms with Crippen LogP contribution in [-0.4, -0.2) is 68.0 Å². The van der Waals surface area contributed by atoms with Gasteiger partial charge in [-0.05, 0) is 64.2 Å². The van der Waals surface area contributed by atoms with Gasteiger partial charge in [0, 0.05) is 54.8 Å². The second-order valence-corrected chi connectivity index (χ2v) is 17.6. The summed E-state index contributed by atoms with van der Waals surface area (Å²) in [5.74, 6) is -8.09. The van der Waals surface area contributed by atoms with Gasteiger partial charge < -0.3 is 18.9 Å².